The Hall–Kier alpha value is -1.94. The normalized spacial score (nSPS) is 25.5. The third-order valence-electron chi connectivity index (χ3n) is 6.76. The number of hydrogen-bond acceptors (Lipinski definition) is 4. The molecule has 1 aromatic rings. The van der Waals surface area contributed by atoms with E-state index >= 15 is 0 Å². The third kappa shape index (κ3) is 5.28. The van der Waals surface area contributed by atoms with Gasteiger partial charge in [0.15, 0.2) is 0 Å². The van der Waals surface area contributed by atoms with Crippen molar-refractivity contribution in [3.63, 3.8) is 0 Å². The largest absolute Gasteiger partial charge is 0.453 e. The first kappa shape index (κ1) is 22.3. The second-order valence-corrected chi connectivity index (χ2v) is 11.0. The molecule has 31 heavy (non-hydrogen) atoms. The van der Waals surface area contributed by atoms with Crippen molar-refractivity contribution in [3.05, 3.63) is 53.6 Å². The molecule has 3 aliphatic rings. The lowest BCUT2D eigenvalue weighted by Crippen LogP contribution is -2.46. The second kappa shape index (κ2) is 8.90. The van der Waals surface area contributed by atoms with E-state index in [1.54, 1.807) is 0 Å². The fourth-order valence-corrected chi connectivity index (χ4v) is 5.70. The molecule has 1 aliphatic carbocycles. The summed E-state index contributed by atoms with van der Waals surface area (Å²) in [6, 6.07) is 8.62. The van der Waals surface area contributed by atoms with Gasteiger partial charge in [0.2, 0.25) is 5.88 Å². The van der Waals surface area contributed by atoms with Crippen LogP contribution in [0.5, 0.6) is 0 Å². The summed E-state index contributed by atoms with van der Waals surface area (Å²) in [5.41, 5.74) is 4.31. The van der Waals surface area contributed by atoms with Gasteiger partial charge in [-0.25, -0.2) is 0 Å². The highest BCUT2D eigenvalue weighted by atomic mass is 16.7. The summed E-state index contributed by atoms with van der Waals surface area (Å²) in [6.45, 7) is 17.1. The number of rotatable bonds is 6. The Morgan fingerprint density at radius 1 is 1.03 bits per heavy atom. The molecule has 170 valence electrons. The number of unbranched alkanes of at least 4 members (excludes halogenated alkanes) is 1. The monoisotopic (exact) mass is 424 g/mol. The molecule has 0 bridgehead atoms. The molecule has 4 heteroatoms. The number of piperazine rings is 1. The molecule has 4 rings (SSSR count). The van der Waals surface area contributed by atoms with Crippen LogP contribution in [-0.4, -0.2) is 42.5 Å². The summed E-state index contributed by atoms with van der Waals surface area (Å²) in [7, 11) is 0. The molecular weight excluding hydrogens is 384 g/mol. The van der Waals surface area contributed by atoms with Gasteiger partial charge in [0, 0.05) is 31.7 Å². The van der Waals surface area contributed by atoms with Gasteiger partial charge in [-0.2, -0.15) is 0 Å². The highest BCUT2D eigenvalue weighted by Crippen LogP contribution is 2.48. The van der Waals surface area contributed by atoms with Gasteiger partial charge < -0.3 is 14.4 Å². The predicted octanol–water partition coefficient (Wildman–Crippen LogP) is 6.18. The van der Waals surface area contributed by atoms with E-state index in [1.807, 2.05) is 6.26 Å². The van der Waals surface area contributed by atoms with Crippen LogP contribution >= 0.6 is 0 Å². The fraction of sp³-hybridized carbons (Fsp3) is 0.630. The van der Waals surface area contributed by atoms with Crippen LogP contribution < -0.4 is 0 Å². The van der Waals surface area contributed by atoms with Crippen LogP contribution in [0.2, 0.25) is 0 Å². The maximum atomic E-state index is 6.36. The maximum absolute atomic E-state index is 6.36. The molecule has 0 amide bonds. The molecule has 2 heterocycles. The van der Waals surface area contributed by atoms with Crippen LogP contribution in [0.4, 0.5) is 0 Å². The van der Waals surface area contributed by atoms with Crippen LogP contribution in [0, 0.1) is 10.8 Å². The standard InChI is InChI=1S/C27H40N2O2/c1-6-7-12-28-13-15-29(16-14-28)24-19-30-25(31-24)23-11-9-8-10-22(23)21-17-26(2,3)20-27(4,5)18-21/h8-11,17,19,25H,6-7,12-16,18,20H2,1-5H3. The topological polar surface area (TPSA) is 24.9 Å². The van der Waals surface area contributed by atoms with Gasteiger partial charge in [-0.05, 0) is 47.8 Å². The van der Waals surface area contributed by atoms with Gasteiger partial charge in [-0.1, -0.05) is 71.4 Å². The zero-order valence-corrected chi connectivity index (χ0v) is 20.1. The van der Waals surface area contributed by atoms with Crippen molar-refractivity contribution in [2.45, 2.75) is 66.6 Å². The van der Waals surface area contributed by atoms with E-state index in [4.69, 9.17) is 9.47 Å². The predicted molar refractivity (Wildman–Crippen MR) is 127 cm³/mol. The summed E-state index contributed by atoms with van der Waals surface area (Å²) in [4.78, 5) is 4.89. The molecule has 1 saturated heterocycles. The summed E-state index contributed by atoms with van der Waals surface area (Å²) in [6.07, 6.45) is 8.76. The van der Waals surface area contributed by atoms with Gasteiger partial charge >= 0.3 is 0 Å². The van der Waals surface area contributed by atoms with Gasteiger partial charge in [-0.3, -0.25) is 4.90 Å². The van der Waals surface area contributed by atoms with E-state index in [2.05, 4.69) is 74.8 Å². The third-order valence-corrected chi connectivity index (χ3v) is 6.76. The molecule has 0 aromatic heterocycles. The highest BCUT2D eigenvalue weighted by Gasteiger charge is 2.36. The van der Waals surface area contributed by atoms with Crippen molar-refractivity contribution in [2.75, 3.05) is 32.7 Å². The lowest BCUT2D eigenvalue weighted by Gasteiger charge is -2.40. The molecule has 4 nitrogen and oxygen atoms in total. The van der Waals surface area contributed by atoms with Crippen molar-refractivity contribution in [3.8, 4) is 0 Å². The average Bonchev–Trinajstić information content (AvgIpc) is 3.20. The SMILES string of the molecule is CCCCN1CCN(C2=COC(c3ccccc3C3=CC(C)(C)CC(C)(C)C3)O2)CC1. The number of nitrogens with zero attached hydrogens (tertiary/aromatic N) is 2. The van der Waals surface area contributed by atoms with E-state index in [-0.39, 0.29) is 11.7 Å². The van der Waals surface area contributed by atoms with Crippen LogP contribution in [-0.2, 0) is 9.47 Å². The lowest BCUT2D eigenvalue weighted by molar-refractivity contribution is -0.0563. The quantitative estimate of drug-likeness (QED) is 0.544. The molecule has 0 radical (unpaired) electrons. The van der Waals surface area contributed by atoms with Gasteiger partial charge in [0.05, 0.1) is 0 Å². The molecule has 1 aromatic carbocycles. The van der Waals surface area contributed by atoms with Crippen molar-refractivity contribution < 1.29 is 9.47 Å². The molecule has 0 N–H and O–H groups in total. The number of benzene rings is 1. The van der Waals surface area contributed by atoms with Gasteiger partial charge in [0.25, 0.3) is 6.29 Å². The Morgan fingerprint density at radius 3 is 2.48 bits per heavy atom. The Kier molecular flexibility index (Phi) is 6.39. The first-order valence-corrected chi connectivity index (χ1v) is 12.1. The first-order chi connectivity index (χ1) is 14.8. The minimum Gasteiger partial charge on any atom is -0.453 e. The second-order valence-electron chi connectivity index (χ2n) is 11.0. The molecule has 2 aliphatic heterocycles. The Balaban J connectivity index is 1.45. The number of ether oxygens (including phenoxy) is 2. The number of hydrogen-bond donors (Lipinski definition) is 0. The van der Waals surface area contributed by atoms with Crippen LogP contribution in [0.3, 0.4) is 0 Å². The average molecular weight is 425 g/mol. The number of allylic oxidation sites excluding steroid dienone is 2. The van der Waals surface area contributed by atoms with Gasteiger partial charge in [0.1, 0.15) is 6.26 Å². The van der Waals surface area contributed by atoms with Crippen molar-refractivity contribution in [1.82, 2.24) is 9.80 Å². The molecule has 1 fully saturated rings. The molecule has 0 spiro atoms. The van der Waals surface area contributed by atoms with E-state index < -0.39 is 0 Å². The van der Waals surface area contributed by atoms with Crippen LogP contribution in [0.25, 0.3) is 5.57 Å². The lowest BCUT2D eigenvalue weighted by atomic mass is 9.65. The minimum absolute atomic E-state index is 0.197. The summed E-state index contributed by atoms with van der Waals surface area (Å²) >= 11 is 0. The minimum atomic E-state index is -0.363. The summed E-state index contributed by atoms with van der Waals surface area (Å²) < 4.78 is 12.4. The molecule has 1 unspecified atom stereocenters. The van der Waals surface area contributed by atoms with Gasteiger partial charge in [-0.15, -0.1) is 0 Å². The smallest absolute Gasteiger partial charge is 0.269 e. The van der Waals surface area contributed by atoms with E-state index in [0.29, 0.717) is 5.41 Å². The highest BCUT2D eigenvalue weighted by molar-refractivity contribution is 5.70. The first-order valence-electron chi connectivity index (χ1n) is 12.1. The zero-order valence-electron chi connectivity index (χ0n) is 20.1. The Labute approximate surface area is 188 Å². The Morgan fingerprint density at radius 2 is 1.77 bits per heavy atom. The van der Waals surface area contributed by atoms with E-state index in [1.165, 1.54) is 36.9 Å². The van der Waals surface area contributed by atoms with Crippen molar-refractivity contribution >= 4 is 5.57 Å². The molecule has 1 atom stereocenters. The maximum Gasteiger partial charge on any atom is 0.269 e. The zero-order chi connectivity index (χ0) is 22.1. The molecule has 0 saturated carbocycles. The Bertz CT molecular complexity index is 831. The fourth-order valence-electron chi connectivity index (χ4n) is 5.70. The van der Waals surface area contributed by atoms with Crippen LogP contribution in [0.15, 0.2) is 42.5 Å². The van der Waals surface area contributed by atoms with E-state index in [9.17, 15) is 0 Å². The summed E-state index contributed by atoms with van der Waals surface area (Å²) in [5, 5.41) is 0. The molecular formula is C27H40N2O2. The van der Waals surface area contributed by atoms with Crippen molar-refractivity contribution in [1.29, 1.82) is 0 Å². The van der Waals surface area contributed by atoms with Crippen molar-refractivity contribution in [2.24, 2.45) is 10.8 Å². The van der Waals surface area contributed by atoms with E-state index in [0.717, 1.165) is 44.0 Å². The van der Waals surface area contributed by atoms with Crippen LogP contribution in [0.1, 0.15) is 77.7 Å². The summed E-state index contributed by atoms with van der Waals surface area (Å²) in [5.74, 6) is 0.883.